The van der Waals surface area contributed by atoms with Crippen molar-refractivity contribution in [1.29, 1.82) is 0 Å². The Morgan fingerprint density at radius 1 is 1.21 bits per heavy atom. The molecular formula is C21H20F3N5O3S. The molecule has 0 aliphatic heterocycles. The van der Waals surface area contributed by atoms with Gasteiger partial charge in [-0.1, -0.05) is 0 Å². The summed E-state index contributed by atoms with van der Waals surface area (Å²) in [6.45, 7) is 0. The van der Waals surface area contributed by atoms with Crippen LogP contribution in [0.25, 0.3) is 10.4 Å². The Morgan fingerprint density at radius 3 is 2.61 bits per heavy atom. The van der Waals surface area contributed by atoms with Crippen molar-refractivity contribution in [3.8, 4) is 10.4 Å². The molecule has 12 heteroatoms. The number of hydrogen-bond acceptors (Lipinski definition) is 8. The first-order valence-electron chi connectivity index (χ1n) is 10.0. The predicted octanol–water partition coefficient (Wildman–Crippen LogP) is 4.41. The molecule has 0 radical (unpaired) electrons. The molecule has 8 nitrogen and oxygen atoms in total. The molecule has 2 aromatic heterocycles. The van der Waals surface area contributed by atoms with E-state index in [1.165, 1.54) is 17.4 Å². The number of aliphatic carboxylic acids is 1. The van der Waals surface area contributed by atoms with Gasteiger partial charge in [-0.15, -0.1) is 11.3 Å². The lowest BCUT2D eigenvalue weighted by atomic mass is 9.79. The Morgan fingerprint density at radius 2 is 1.94 bits per heavy atom. The van der Waals surface area contributed by atoms with Crippen molar-refractivity contribution in [3.05, 3.63) is 47.4 Å². The number of alkyl halides is 3. The highest BCUT2D eigenvalue weighted by Gasteiger charge is 2.39. The molecule has 174 valence electrons. The highest BCUT2D eigenvalue weighted by molar-refractivity contribution is 7.15. The molecule has 1 saturated carbocycles. The number of aliphatic hydroxyl groups is 1. The largest absolute Gasteiger partial charge is 0.481 e. The Bertz CT molecular complexity index is 1180. The molecule has 2 heterocycles. The van der Waals surface area contributed by atoms with Gasteiger partial charge in [0.05, 0.1) is 10.8 Å². The van der Waals surface area contributed by atoms with Crippen LogP contribution in [0.4, 0.5) is 30.5 Å². The topological polar surface area (TPSA) is 134 Å². The second kappa shape index (κ2) is 8.60. The van der Waals surface area contributed by atoms with E-state index in [9.17, 15) is 23.1 Å². The Balaban J connectivity index is 1.56. The summed E-state index contributed by atoms with van der Waals surface area (Å²) in [5.41, 5.74) is 5.12. The maximum absolute atomic E-state index is 12.9. The molecular weight excluding hydrogens is 459 g/mol. The number of thiazole rings is 1. The minimum Gasteiger partial charge on any atom is -0.481 e. The number of nitrogen functional groups attached to an aromatic ring is 1. The molecule has 1 aliphatic carbocycles. The van der Waals surface area contributed by atoms with Gasteiger partial charge in [0.2, 0.25) is 5.95 Å². The average Bonchev–Trinajstić information content (AvgIpc) is 3.25. The van der Waals surface area contributed by atoms with Crippen LogP contribution in [0.15, 0.2) is 36.7 Å². The summed E-state index contributed by atoms with van der Waals surface area (Å²) < 4.78 is 38.7. The Hall–Kier alpha value is -3.25. The van der Waals surface area contributed by atoms with E-state index < -0.39 is 29.4 Å². The fourth-order valence-electron chi connectivity index (χ4n) is 3.75. The number of nitrogens with two attached hydrogens (primary N) is 1. The zero-order valence-electron chi connectivity index (χ0n) is 17.1. The molecule has 0 bridgehead atoms. The smallest absolute Gasteiger partial charge is 0.433 e. The lowest BCUT2D eigenvalue weighted by molar-refractivity contribution is -0.145. The number of carboxylic acid groups (broad SMARTS) is 1. The zero-order valence-corrected chi connectivity index (χ0v) is 18.0. The van der Waals surface area contributed by atoms with Crippen LogP contribution in [0.3, 0.4) is 0 Å². The number of nitrogens with zero attached hydrogens (tertiary/aromatic N) is 3. The zero-order chi connectivity index (χ0) is 23.8. The molecule has 0 atom stereocenters. The third-order valence-electron chi connectivity index (χ3n) is 5.51. The van der Waals surface area contributed by atoms with Gasteiger partial charge in [0.1, 0.15) is 16.3 Å². The molecule has 4 rings (SSSR count). The highest BCUT2D eigenvalue weighted by Crippen LogP contribution is 2.43. The van der Waals surface area contributed by atoms with Crippen LogP contribution >= 0.6 is 11.3 Å². The molecule has 5 N–H and O–H groups in total. The van der Waals surface area contributed by atoms with Crippen molar-refractivity contribution in [2.75, 3.05) is 11.1 Å². The van der Waals surface area contributed by atoms with E-state index in [4.69, 9.17) is 10.8 Å². The normalized spacial score (nSPS) is 21.0. The van der Waals surface area contributed by atoms with Crippen molar-refractivity contribution >= 4 is 34.6 Å². The van der Waals surface area contributed by atoms with E-state index in [1.807, 2.05) is 0 Å². The van der Waals surface area contributed by atoms with Crippen LogP contribution in [0.5, 0.6) is 0 Å². The summed E-state index contributed by atoms with van der Waals surface area (Å²) in [5.74, 6) is -1.55. The molecule has 0 saturated heterocycles. The number of carbonyl (C=O) groups is 1. The van der Waals surface area contributed by atoms with Crippen LogP contribution in [0, 0.1) is 5.92 Å². The SMILES string of the molecule is Nc1cc(Nc2nccc(C(F)(F)F)n2)cc(-c2cnc(C3(O)CCC(C(=O)O)CC3)s2)c1. The van der Waals surface area contributed by atoms with Crippen molar-refractivity contribution in [2.24, 2.45) is 5.92 Å². The van der Waals surface area contributed by atoms with Gasteiger partial charge in [-0.05, 0) is 55.5 Å². The van der Waals surface area contributed by atoms with Gasteiger partial charge in [0, 0.05) is 23.8 Å². The van der Waals surface area contributed by atoms with Gasteiger partial charge in [-0.2, -0.15) is 13.2 Å². The van der Waals surface area contributed by atoms with E-state index in [0.29, 0.717) is 52.5 Å². The molecule has 0 spiro atoms. The minimum atomic E-state index is -4.59. The number of aromatic nitrogens is 3. The predicted molar refractivity (Wildman–Crippen MR) is 116 cm³/mol. The molecule has 3 aromatic rings. The fourth-order valence-corrected chi connectivity index (χ4v) is 4.80. The lowest BCUT2D eigenvalue weighted by Gasteiger charge is -2.32. The van der Waals surface area contributed by atoms with Gasteiger partial charge in [-0.25, -0.2) is 15.0 Å². The van der Waals surface area contributed by atoms with Crippen LogP contribution in [0.1, 0.15) is 36.4 Å². The van der Waals surface area contributed by atoms with E-state index in [2.05, 4.69) is 20.3 Å². The summed E-state index contributed by atoms with van der Waals surface area (Å²) in [5, 5.41) is 23.4. The summed E-state index contributed by atoms with van der Waals surface area (Å²) >= 11 is 1.26. The van der Waals surface area contributed by atoms with Crippen LogP contribution < -0.4 is 11.1 Å². The molecule has 1 aliphatic rings. The number of benzene rings is 1. The second-order valence-corrected chi connectivity index (χ2v) is 8.94. The van der Waals surface area contributed by atoms with E-state index in [1.54, 1.807) is 18.3 Å². The van der Waals surface area contributed by atoms with Crippen molar-refractivity contribution in [1.82, 2.24) is 15.0 Å². The Labute approximate surface area is 190 Å². The molecule has 1 fully saturated rings. The second-order valence-electron chi connectivity index (χ2n) is 7.91. The maximum Gasteiger partial charge on any atom is 0.433 e. The summed E-state index contributed by atoms with van der Waals surface area (Å²) in [7, 11) is 0. The molecule has 0 unspecified atom stereocenters. The summed E-state index contributed by atoms with van der Waals surface area (Å²) in [4.78, 5) is 23.5. The maximum atomic E-state index is 12.9. The lowest BCUT2D eigenvalue weighted by Crippen LogP contribution is -2.33. The van der Waals surface area contributed by atoms with Crippen molar-refractivity contribution < 1.29 is 28.2 Å². The first kappa shape index (κ1) is 22.9. The van der Waals surface area contributed by atoms with E-state index in [0.717, 1.165) is 12.3 Å². The monoisotopic (exact) mass is 479 g/mol. The first-order valence-corrected chi connectivity index (χ1v) is 10.8. The van der Waals surface area contributed by atoms with E-state index >= 15 is 0 Å². The third kappa shape index (κ3) is 5.06. The Kier molecular flexibility index (Phi) is 5.97. The van der Waals surface area contributed by atoms with Crippen molar-refractivity contribution in [3.63, 3.8) is 0 Å². The van der Waals surface area contributed by atoms with Crippen LogP contribution in [-0.2, 0) is 16.6 Å². The van der Waals surface area contributed by atoms with Gasteiger partial charge in [-0.3, -0.25) is 4.79 Å². The third-order valence-corrected chi connectivity index (χ3v) is 6.75. The first-order chi connectivity index (χ1) is 15.5. The number of halogens is 3. The molecule has 33 heavy (non-hydrogen) atoms. The summed E-state index contributed by atoms with van der Waals surface area (Å²) in [6.07, 6.45) is -0.667. The molecule has 1 aromatic carbocycles. The average molecular weight is 479 g/mol. The number of carboxylic acids is 1. The van der Waals surface area contributed by atoms with Gasteiger partial charge < -0.3 is 21.3 Å². The standard InChI is InChI=1S/C21H20F3N5O3S/c22-21(23,24)16-3-6-26-19(29-16)28-14-8-12(7-13(25)9-14)15-10-27-18(33-15)20(32)4-1-11(2-5-20)17(30)31/h3,6-11,32H,1-2,4-5,25H2,(H,30,31)(H,26,28,29). The number of rotatable bonds is 5. The number of hydrogen-bond donors (Lipinski definition) is 4. The summed E-state index contributed by atoms with van der Waals surface area (Å²) in [6, 6.07) is 5.67. The highest BCUT2D eigenvalue weighted by atomic mass is 32.1. The molecule has 0 amide bonds. The quantitative estimate of drug-likeness (QED) is 0.396. The van der Waals surface area contributed by atoms with E-state index in [-0.39, 0.29) is 5.95 Å². The van der Waals surface area contributed by atoms with Gasteiger partial charge >= 0.3 is 12.1 Å². The number of anilines is 3. The van der Waals surface area contributed by atoms with Crippen molar-refractivity contribution in [2.45, 2.75) is 37.5 Å². The fraction of sp³-hybridized carbons (Fsp3) is 0.333. The van der Waals surface area contributed by atoms with Gasteiger partial charge in [0.15, 0.2) is 0 Å². The number of nitrogens with one attached hydrogen (secondary N) is 1. The minimum absolute atomic E-state index is 0.226. The van der Waals surface area contributed by atoms with Gasteiger partial charge in [0.25, 0.3) is 0 Å². The van der Waals surface area contributed by atoms with Crippen LogP contribution in [-0.4, -0.2) is 31.1 Å². The van der Waals surface area contributed by atoms with Crippen LogP contribution in [0.2, 0.25) is 0 Å².